The first kappa shape index (κ1) is 14.3. The maximum Gasteiger partial charge on any atom is 0.145 e. The normalized spacial score (nSPS) is 18.2. The van der Waals surface area contributed by atoms with Gasteiger partial charge in [0.25, 0.3) is 0 Å². The molecule has 1 aliphatic heterocycles. The molecule has 0 saturated carbocycles. The Morgan fingerprint density at radius 3 is 2.42 bits per heavy atom. The van der Waals surface area contributed by atoms with Gasteiger partial charge in [-0.05, 0) is 53.6 Å². The summed E-state index contributed by atoms with van der Waals surface area (Å²) >= 11 is 0. The molecule has 0 amide bonds. The largest absolute Gasteiger partial charge is 0.367 e. The number of anilines is 1. The summed E-state index contributed by atoms with van der Waals surface area (Å²) in [5, 5.41) is 3.33. The molecule has 1 aromatic heterocycles. The van der Waals surface area contributed by atoms with Crippen LogP contribution in [-0.4, -0.2) is 40.0 Å². The summed E-state index contributed by atoms with van der Waals surface area (Å²) in [6.07, 6.45) is 6.13. The summed E-state index contributed by atoms with van der Waals surface area (Å²) in [7, 11) is 0. The summed E-state index contributed by atoms with van der Waals surface area (Å²) in [6, 6.07) is 1.05. The minimum absolute atomic E-state index is 0.396. The highest BCUT2D eigenvalue weighted by atomic mass is 15.1. The van der Waals surface area contributed by atoms with Gasteiger partial charge in [-0.25, -0.2) is 4.98 Å². The van der Waals surface area contributed by atoms with Crippen molar-refractivity contribution in [2.75, 3.05) is 18.4 Å². The van der Waals surface area contributed by atoms with Gasteiger partial charge < -0.3 is 10.2 Å². The molecule has 1 aliphatic rings. The van der Waals surface area contributed by atoms with Crippen molar-refractivity contribution < 1.29 is 0 Å². The highest BCUT2D eigenvalue weighted by Crippen LogP contribution is 2.27. The van der Waals surface area contributed by atoms with Gasteiger partial charge in [-0.3, -0.25) is 4.98 Å². The molecule has 4 heteroatoms. The Labute approximate surface area is 116 Å². The predicted octanol–water partition coefficient (Wildman–Crippen LogP) is 2.88. The number of likely N-dealkylation sites (tertiary alicyclic amines) is 1. The van der Waals surface area contributed by atoms with Crippen LogP contribution >= 0.6 is 0 Å². The lowest BCUT2D eigenvalue weighted by molar-refractivity contribution is 0.170. The van der Waals surface area contributed by atoms with Crippen molar-refractivity contribution in [3.05, 3.63) is 18.1 Å². The Morgan fingerprint density at radius 2 is 1.84 bits per heavy atom. The van der Waals surface area contributed by atoms with E-state index in [1.807, 2.05) is 12.4 Å². The Bertz CT molecular complexity index is 395. The highest BCUT2D eigenvalue weighted by Gasteiger charge is 2.23. The maximum atomic E-state index is 4.71. The SMILES string of the molecule is CC(C)Nc1cncc(C2CCN(C(C)C)CC2)n1. The molecular formula is C15H26N4. The molecule has 4 nitrogen and oxygen atoms in total. The molecule has 19 heavy (non-hydrogen) atoms. The van der Waals surface area contributed by atoms with Crippen LogP contribution in [0.2, 0.25) is 0 Å². The van der Waals surface area contributed by atoms with E-state index in [1.165, 1.54) is 25.9 Å². The Balaban J connectivity index is 1.99. The van der Waals surface area contributed by atoms with Crippen LogP contribution in [0, 0.1) is 0 Å². The van der Waals surface area contributed by atoms with Crippen LogP contribution in [0.5, 0.6) is 0 Å². The van der Waals surface area contributed by atoms with Crippen LogP contribution in [0.4, 0.5) is 5.82 Å². The van der Waals surface area contributed by atoms with Crippen LogP contribution in [0.15, 0.2) is 12.4 Å². The third-order valence-electron chi connectivity index (χ3n) is 3.77. The molecule has 1 saturated heterocycles. The molecule has 0 aliphatic carbocycles. The fraction of sp³-hybridized carbons (Fsp3) is 0.733. The van der Waals surface area contributed by atoms with E-state index in [1.54, 1.807) is 0 Å². The Morgan fingerprint density at radius 1 is 1.16 bits per heavy atom. The third kappa shape index (κ3) is 3.90. The first-order valence-electron chi connectivity index (χ1n) is 7.38. The van der Waals surface area contributed by atoms with Crippen LogP contribution < -0.4 is 5.32 Å². The molecule has 0 unspecified atom stereocenters. The first-order chi connectivity index (χ1) is 9.06. The fourth-order valence-electron chi connectivity index (χ4n) is 2.65. The second-order valence-corrected chi connectivity index (χ2v) is 6.03. The van der Waals surface area contributed by atoms with Crippen molar-refractivity contribution in [2.24, 2.45) is 0 Å². The topological polar surface area (TPSA) is 41.1 Å². The number of piperidine rings is 1. The number of hydrogen-bond acceptors (Lipinski definition) is 4. The van der Waals surface area contributed by atoms with Crippen molar-refractivity contribution in [1.82, 2.24) is 14.9 Å². The van der Waals surface area contributed by atoms with Crippen molar-refractivity contribution in [3.63, 3.8) is 0 Å². The van der Waals surface area contributed by atoms with E-state index < -0.39 is 0 Å². The van der Waals surface area contributed by atoms with E-state index in [9.17, 15) is 0 Å². The maximum absolute atomic E-state index is 4.71. The molecule has 0 spiro atoms. The van der Waals surface area contributed by atoms with Gasteiger partial charge in [0.2, 0.25) is 0 Å². The van der Waals surface area contributed by atoms with Gasteiger partial charge >= 0.3 is 0 Å². The van der Waals surface area contributed by atoms with Gasteiger partial charge in [-0.2, -0.15) is 0 Å². The zero-order valence-corrected chi connectivity index (χ0v) is 12.6. The van der Waals surface area contributed by atoms with Crippen LogP contribution in [-0.2, 0) is 0 Å². The number of rotatable bonds is 4. The molecule has 1 N–H and O–H groups in total. The molecule has 1 aromatic rings. The monoisotopic (exact) mass is 262 g/mol. The zero-order valence-electron chi connectivity index (χ0n) is 12.6. The molecule has 1 fully saturated rings. The van der Waals surface area contributed by atoms with E-state index in [-0.39, 0.29) is 0 Å². The molecule has 0 bridgehead atoms. The minimum Gasteiger partial charge on any atom is -0.367 e. The Hall–Kier alpha value is -1.16. The molecule has 0 radical (unpaired) electrons. The average molecular weight is 262 g/mol. The zero-order chi connectivity index (χ0) is 13.8. The van der Waals surface area contributed by atoms with Crippen molar-refractivity contribution >= 4 is 5.82 Å². The summed E-state index contributed by atoms with van der Waals surface area (Å²) < 4.78 is 0. The van der Waals surface area contributed by atoms with Gasteiger partial charge in [-0.1, -0.05) is 0 Å². The van der Waals surface area contributed by atoms with Crippen molar-refractivity contribution in [1.29, 1.82) is 0 Å². The number of nitrogens with one attached hydrogen (secondary N) is 1. The summed E-state index contributed by atoms with van der Waals surface area (Å²) in [5.41, 5.74) is 1.15. The van der Waals surface area contributed by atoms with Gasteiger partial charge in [0.15, 0.2) is 0 Å². The molecule has 2 heterocycles. The quantitative estimate of drug-likeness (QED) is 0.906. The number of nitrogens with zero attached hydrogens (tertiary/aromatic N) is 3. The predicted molar refractivity (Wildman–Crippen MR) is 79.5 cm³/mol. The van der Waals surface area contributed by atoms with Crippen LogP contribution in [0.25, 0.3) is 0 Å². The lowest BCUT2D eigenvalue weighted by Gasteiger charge is -2.34. The molecule has 2 rings (SSSR count). The van der Waals surface area contributed by atoms with E-state index in [4.69, 9.17) is 4.98 Å². The first-order valence-corrected chi connectivity index (χ1v) is 7.38. The molecule has 106 valence electrons. The summed E-state index contributed by atoms with van der Waals surface area (Å²) in [5.74, 6) is 1.47. The lowest BCUT2D eigenvalue weighted by atomic mass is 9.93. The van der Waals surface area contributed by atoms with Gasteiger partial charge in [-0.15, -0.1) is 0 Å². The van der Waals surface area contributed by atoms with Crippen LogP contribution in [0.3, 0.4) is 0 Å². The second-order valence-electron chi connectivity index (χ2n) is 6.03. The summed E-state index contributed by atoms with van der Waals surface area (Å²) in [6.45, 7) is 11.1. The van der Waals surface area contributed by atoms with E-state index in [0.29, 0.717) is 18.0 Å². The molecular weight excluding hydrogens is 236 g/mol. The standard InChI is InChI=1S/C15H26N4/c1-11(2)17-15-10-16-9-14(18-15)13-5-7-19(8-6-13)12(3)4/h9-13H,5-8H2,1-4H3,(H,17,18). The number of hydrogen-bond donors (Lipinski definition) is 1. The summed E-state index contributed by atoms with van der Waals surface area (Å²) in [4.78, 5) is 11.6. The Kier molecular flexibility index (Phi) is 4.75. The number of aromatic nitrogens is 2. The third-order valence-corrected chi connectivity index (χ3v) is 3.77. The van der Waals surface area contributed by atoms with E-state index in [2.05, 4.69) is 42.9 Å². The average Bonchev–Trinajstić information content (AvgIpc) is 2.38. The second kappa shape index (κ2) is 6.33. The highest BCUT2D eigenvalue weighted by molar-refractivity contribution is 5.33. The van der Waals surface area contributed by atoms with Gasteiger partial charge in [0, 0.05) is 24.2 Å². The van der Waals surface area contributed by atoms with E-state index in [0.717, 1.165) is 11.5 Å². The van der Waals surface area contributed by atoms with Crippen LogP contribution in [0.1, 0.15) is 52.1 Å². The van der Waals surface area contributed by atoms with Crippen molar-refractivity contribution in [3.8, 4) is 0 Å². The van der Waals surface area contributed by atoms with Gasteiger partial charge in [0.05, 0.1) is 11.9 Å². The fourth-order valence-corrected chi connectivity index (χ4v) is 2.65. The smallest absolute Gasteiger partial charge is 0.145 e. The molecule has 0 aromatic carbocycles. The van der Waals surface area contributed by atoms with Crippen molar-refractivity contribution in [2.45, 2.75) is 58.5 Å². The van der Waals surface area contributed by atoms with Gasteiger partial charge in [0.1, 0.15) is 5.82 Å². The minimum atomic E-state index is 0.396. The van der Waals surface area contributed by atoms with E-state index >= 15 is 0 Å². The molecule has 0 atom stereocenters. The lowest BCUT2D eigenvalue weighted by Crippen LogP contribution is -2.38.